The molecule has 1 aromatic carbocycles. The van der Waals surface area contributed by atoms with E-state index in [9.17, 15) is 26.7 Å². The molecule has 0 unspecified atom stereocenters. The number of likely N-dealkylation sites (N-methyl/N-ethyl adjacent to an activating group) is 8. The molecule has 3 aliphatic heterocycles. The third kappa shape index (κ3) is 27.7. The van der Waals surface area contributed by atoms with E-state index < -0.39 is 17.7 Å². The normalized spacial score (nSPS) is 29.5. The number of carbonyl (C=O) groups is 1. The second kappa shape index (κ2) is 39.4. The second-order valence-corrected chi connectivity index (χ2v) is 30.4. The largest absolute Gasteiger partial charge is 0.417 e. The summed E-state index contributed by atoms with van der Waals surface area (Å²) in [5.74, 6) is -0.421. The smallest absolute Gasteiger partial charge is 0.341 e. The van der Waals surface area contributed by atoms with E-state index in [2.05, 4.69) is 165 Å². The number of rotatable bonds is 14. The molecule has 14 nitrogen and oxygen atoms in total. The van der Waals surface area contributed by atoms with Crippen LogP contribution in [0.25, 0.3) is 0 Å². The lowest BCUT2D eigenvalue weighted by molar-refractivity contribution is -0.138. The summed E-state index contributed by atoms with van der Waals surface area (Å²) in [6.07, 6.45) is 11.2. The Balaban J connectivity index is 1.45. The van der Waals surface area contributed by atoms with Gasteiger partial charge in [-0.2, -0.15) is 13.2 Å². The monoisotopic (exact) mass is 1300 g/mol. The zero-order chi connectivity index (χ0) is 66.3. The number of alkyl halides is 5. The van der Waals surface area contributed by atoms with Gasteiger partial charge in [0.15, 0.2) is 0 Å². The first-order valence-corrected chi connectivity index (χ1v) is 35.9. The average Bonchev–Trinajstić information content (AvgIpc) is 1.06. The molecular formula is C70H131ClF5N13O. The first-order valence-electron chi connectivity index (χ1n) is 35.5. The van der Waals surface area contributed by atoms with Crippen molar-refractivity contribution < 1.29 is 26.7 Å². The fraction of sp³-hybridized carbons (Fsp3) is 0.900. The third-order valence-electron chi connectivity index (χ3n) is 21.3. The molecule has 3 saturated heterocycles. The number of amides is 1. The number of benzene rings is 1. The van der Waals surface area contributed by atoms with Crippen LogP contribution in [-0.4, -0.2) is 290 Å². The van der Waals surface area contributed by atoms with Crippen molar-refractivity contribution >= 4 is 17.5 Å². The number of piperidine rings is 1. The zero-order valence-electron chi connectivity index (χ0n) is 59.4. The topological polar surface area (TPSA) is 85.6 Å². The maximum absolute atomic E-state index is 14.8. The number of hydrogen-bond donors (Lipinski definition) is 3. The van der Waals surface area contributed by atoms with Crippen LogP contribution in [0.1, 0.15) is 149 Å². The van der Waals surface area contributed by atoms with Crippen LogP contribution in [0.3, 0.4) is 0 Å². The molecule has 0 spiro atoms. The Kier molecular flexibility index (Phi) is 34.5. The molecule has 4 fully saturated rings. The van der Waals surface area contributed by atoms with Crippen molar-refractivity contribution in [1.29, 1.82) is 0 Å². The average molecular weight is 1300 g/mol. The van der Waals surface area contributed by atoms with Gasteiger partial charge in [0, 0.05) is 154 Å². The van der Waals surface area contributed by atoms with Crippen LogP contribution in [0.15, 0.2) is 18.2 Å². The van der Waals surface area contributed by atoms with Crippen molar-refractivity contribution in [2.75, 3.05) is 181 Å². The van der Waals surface area contributed by atoms with E-state index in [-0.39, 0.29) is 60.3 Å². The van der Waals surface area contributed by atoms with Crippen LogP contribution in [0.5, 0.6) is 0 Å². The molecule has 1 amide bonds. The Morgan fingerprint density at radius 3 is 1.93 bits per heavy atom. The van der Waals surface area contributed by atoms with Gasteiger partial charge in [0.05, 0.1) is 29.7 Å². The molecule has 524 valence electrons. The van der Waals surface area contributed by atoms with Gasteiger partial charge >= 0.3 is 6.18 Å². The highest BCUT2D eigenvalue weighted by Crippen LogP contribution is 2.36. The van der Waals surface area contributed by atoms with E-state index in [4.69, 9.17) is 11.6 Å². The molecule has 0 radical (unpaired) electrons. The lowest BCUT2D eigenvalue weighted by Gasteiger charge is -2.42. The van der Waals surface area contributed by atoms with Crippen LogP contribution in [-0.2, 0) is 17.4 Å². The molecule has 0 bridgehead atoms. The van der Waals surface area contributed by atoms with Gasteiger partial charge in [-0.3, -0.25) is 14.6 Å². The minimum atomic E-state index is -4.54. The second-order valence-electron chi connectivity index (χ2n) is 30.0. The summed E-state index contributed by atoms with van der Waals surface area (Å²) in [6, 6.07) is 5.23. The number of nitrogens with one attached hydrogen (secondary N) is 3. The molecule has 1 aromatic rings. The van der Waals surface area contributed by atoms with Crippen LogP contribution >= 0.6 is 11.6 Å². The maximum Gasteiger partial charge on any atom is 0.417 e. The molecule has 3 N–H and O–H groups in total. The van der Waals surface area contributed by atoms with Crippen molar-refractivity contribution in [3.8, 4) is 0 Å². The zero-order valence-corrected chi connectivity index (χ0v) is 60.1. The fourth-order valence-electron chi connectivity index (χ4n) is 14.6. The predicted octanol–water partition coefficient (Wildman–Crippen LogP) is 9.96. The molecule has 0 aromatic heterocycles. The standard InChI is InChI=1S/C70H131ClF5N13O/c1-16-55(6)65-49-82(10)38-37-80(8)39-40-84(12)62(42-57-23-19-17-20-24-57)48-81(9)36-31-77-59(27-25-58-26-28-63(64(71)43-58)70(74,75)76)46-85(13)61(29-35-88-51-69(72,73)52-88)45-78-60(41-53(2)3)47-86(14)67(54(4)5)50-87(15)66(30-34-83(11)56(7)44-79-65)68(90)89-32-21-18-22-33-89/h26,28,43,53-57,59-62,65-67,77-79H,16-25,27,29-42,44-52H2,1-15H3/t55-,56-,59-,60-,61-,62-,65+,66-,67+/m0/s1. The lowest BCUT2D eigenvalue weighted by Crippen LogP contribution is -2.58. The van der Waals surface area contributed by atoms with E-state index in [1.54, 1.807) is 6.07 Å². The highest BCUT2D eigenvalue weighted by Gasteiger charge is 2.44. The Labute approximate surface area is 550 Å². The van der Waals surface area contributed by atoms with Crippen LogP contribution in [0.4, 0.5) is 22.0 Å². The van der Waals surface area contributed by atoms with Crippen molar-refractivity contribution in [2.45, 2.75) is 205 Å². The van der Waals surface area contributed by atoms with Gasteiger partial charge in [0.25, 0.3) is 5.92 Å². The molecule has 4 aliphatic rings. The number of hydrogen-bond acceptors (Lipinski definition) is 13. The number of nitrogens with zero attached hydrogens (tertiary/aromatic N) is 10. The predicted molar refractivity (Wildman–Crippen MR) is 366 cm³/mol. The molecular weight excluding hydrogens is 1170 g/mol. The maximum atomic E-state index is 14.8. The van der Waals surface area contributed by atoms with Gasteiger partial charge in [-0.15, -0.1) is 0 Å². The highest BCUT2D eigenvalue weighted by molar-refractivity contribution is 6.31. The first-order chi connectivity index (χ1) is 42.5. The van der Waals surface area contributed by atoms with E-state index in [0.717, 1.165) is 141 Å². The summed E-state index contributed by atoms with van der Waals surface area (Å²) >= 11 is 6.30. The number of halogens is 6. The molecule has 9 atom stereocenters. The number of aryl methyl sites for hydroxylation is 1. The van der Waals surface area contributed by atoms with Crippen LogP contribution < -0.4 is 16.0 Å². The van der Waals surface area contributed by atoms with Gasteiger partial charge in [-0.05, 0) is 162 Å². The lowest BCUT2D eigenvalue weighted by atomic mass is 9.84. The SMILES string of the molecule is CC[C@H](C)[C@H]1CN(C)CCN(C)CCN(C)[C@@H](CC2CCCCC2)CN(C)CCN[C@@H](CCc2ccc(C(F)(F)F)c(Cl)c2)CN(C)[C@@H](CCN2CC(F)(F)C2)CN[C@@H](CC(C)C)CN(C)[C@@H](C(C)C)CN(C)[C@H](C(=O)N2CCCCC2)CCN(C)[C@@H](C)CN1. The molecule has 1 aliphatic carbocycles. The van der Waals surface area contributed by atoms with Crippen molar-refractivity contribution in [1.82, 2.24) is 64.9 Å². The molecule has 1 saturated carbocycles. The first kappa shape index (κ1) is 78.8. The Bertz CT molecular complexity index is 2130. The van der Waals surface area contributed by atoms with Gasteiger partial charge in [-0.25, -0.2) is 8.78 Å². The third-order valence-corrected chi connectivity index (χ3v) is 21.6. The Morgan fingerprint density at radius 1 is 0.656 bits per heavy atom. The van der Waals surface area contributed by atoms with Crippen LogP contribution in [0, 0.1) is 23.7 Å². The van der Waals surface area contributed by atoms with Crippen molar-refractivity contribution in [3.05, 3.63) is 34.3 Å². The summed E-state index contributed by atoms with van der Waals surface area (Å²) in [5.41, 5.74) is -0.0678. The summed E-state index contributed by atoms with van der Waals surface area (Å²) in [5, 5.41) is 11.8. The van der Waals surface area contributed by atoms with Gasteiger partial charge in [0.2, 0.25) is 5.91 Å². The van der Waals surface area contributed by atoms with E-state index >= 15 is 0 Å². The Hall–Kier alpha value is -1.85. The van der Waals surface area contributed by atoms with Crippen molar-refractivity contribution in [3.63, 3.8) is 0 Å². The summed E-state index contributed by atoms with van der Waals surface area (Å²) in [6.45, 7) is 30.0. The van der Waals surface area contributed by atoms with Crippen LogP contribution in [0.2, 0.25) is 5.02 Å². The molecule has 5 rings (SSSR count). The quantitative estimate of drug-likeness (QED) is 0.155. The van der Waals surface area contributed by atoms with E-state index in [0.29, 0.717) is 68.7 Å². The van der Waals surface area contributed by atoms with E-state index in [1.807, 2.05) is 4.90 Å². The van der Waals surface area contributed by atoms with Crippen molar-refractivity contribution in [2.24, 2.45) is 23.7 Å². The molecule has 90 heavy (non-hydrogen) atoms. The van der Waals surface area contributed by atoms with E-state index in [1.165, 1.54) is 51.0 Å². The summed E-state index contributed by atoms with van der Waals surface area (Å²) < 4.78 is 70.3. The van der Waals surface area contributed by atoms with Gasteiger partial charge in [-0.1, -0.05) is 97.7 Å². The number of likely N-dealkylation sites (tertiary alicyclic amines) is 2. The Morgan fingerprint density at radius 2 is 1.30 bits per heavy atom. The molecule has 3 heterocycles. The minimum absolute atomic E-state index is 0.0112. The van der Waals surface area contributed by atoms with Gasteiger partial charge in [0.1, 0.15) is 0 Å². The minimum Gasteiger partial charge on any atom is -0.341 e. The highest BCUT2D eigenvalue weighted by atomic mass is 35.5. The summed E-state index contributed by atoms with van der Waals surface area (Å²) in [4.78, 5) is 38.6. The fourth-order valence-corrected chi connectivity index (χ4v) is 14.9. The number of carbonyl (C=O) groups excluding carboxylic acids is 1. The molecule has 20 heteroatoms. The summed E-state index contributed by atoms with van der Waals surface area (Å²) in [7, 11) is 17.9. The van der Waals surface area contributed by atoms with Gasteiger partial charge < -0.3 is 55.1 Å².